The lowest BCUT2D eigenvalue weighted by Crippen LogP contribution is -2.25. The van der Waals surface area contributed by atoms with E-state index in [9.17, 15) is 0 Å². The van der Waals surface area contributed by atoms with Crippen LogP contribution >= 0.6 is 0 Å². The van der Waals surface area contributed by atoms with Gasteiger partial charge in [0.25, 0.3) is 0 Å². The highest BCUT2D eigenvalue weighted by atomic mass is 16.5. The Morgan fingerprint density at radius 1 is 0.903 bits per heavy atom. The lowest BCUT2D eigenvalue weighted by Gasteiger charge is -2.22. The molecule has 0 saturated carbocycles. The zero-order chi connectivity index (χ0) is 20.9. The number of aromatic nitrogens is 3. The fourth-order valence-corrected chi connectivity index (χ4v) is 3.86. The molecule has 31 heavy (non-hydrogen) atoms. The minimum absolute atomic E-state index is 0.299. The molecule has 0 spiro atoms. The first-order valence-electron chi connectivity index (χ1n) is 10.7. The normalized spacial score (nSPS) is 14.7. The Kier molecular flexibility index (Phi) is 5.91. The summed E-state index contributed by atoms with van der Waals surface area (Å²) in [4.78, 5) is 8.69. The van der Waals surface area contributed by atoms with Crippen LogP contribution in [0, 0.1) is 0 Å². The number of ether oxygens (including phenoxy) is 3. The van der Waals surface area contributed by atoms with Crippen molar-refractivity contribution in [1.29, 1.82) is 0 Å². The molecule has 1 saturated heterocycles. The summed E-state index contributed by atoms with van der Waals surface area (Å²) < 4.78 is 19.1. The van der Waals surface area contributed by atoms with Crippen molar-refractivity contribution < 1.29 is 14.2 Å². The van der Waals surface area contributed by atoms with Crippen LogP contribution in [0.5, 0.6) is 5.75 Å². The standard InChI is InChI=1S/C25H25N3O3/c1-6-25-24(17-20(1)19-7-11-26-12-8-19)27-18-28(25)21-2-4-22(5-3-21)30-15-16-31-23-9-13-29-14-10-23/h1-8,11-12,17-18,23H,9-10,13-16H2. The molecule has 0 unspecified atom stereocenters. The van der Waals surface area contributed by atoms with Crippen LogP contribution in [0.25, 0.3) is 27.8 Å². The quantitative estimate of drug-likeness (QED) is 0.411. The first kappa shape index (κ1) is 19.7. The van der Waals surface area contributed by atoms with E-state index in [0.29, 0.717) is 19.3 Å². The second kappa shape index (κ2) is 9.29. The Morgan fingerprint density at radius 2 is 1.71 bits per heavy atom. The topological polar surface area (TPSA) is 58.4 Å². The number of pyridine rings is 1. The van der Waals surface area contributed by atoms with Crippen molar-refractivity contribution in [3.05, 3.63) is 73.3 Å². The fourth-order valence-electron chi connectivity index (χ4n) is 3.86. The molecule has 2 aromatic heterocycles. The van der Waals surface area contributed by atoms with E-state index in [4.69, 9.17) is 14.2 Å². The minimum Gasteiger partial charge on any atom is -0.491 e. The molecule has 0 aliphatic carbocycles. The third-order valence-electron chi connectivity index (χ3n) is 5.55. The van der Waals surface area contributed by atoms with Crippen LogP contribution in [0.1, 0.15) is 12.8 Å². The molecule has 0 radical (unpaired) electrons. The zero-order valence-electron chi connectivity index (χ0n) is 17.3. The summed E-state index contributed by atoms with van der Waals surface area (Å²) in [6.45, 7) is 2.73. The van der Waals surface area contributed by atoms with E-state index in [2.05, 4.69) is 32.7 Å². The molecule has 2 aromatic carbocycles. The molecule has 1 fully saturated rings. The highest BCUT2D eigenvalue weighted by Gasteiger charge is 2.13. The van der Waals surface area contributed by atoms with Crippen LogP contribution in [-0.4, -0.2) is 47.1 Å². The van der Waals surface area contributed by atoms with Gasteiger partial charge in [-0.05, 0) is 72.5 Å². The molecule has 3 heterocycles. The molecule has 1 aliphatic rings. The number of nitrogens with zero attached hydrogens (tertiary/aromatic N) is 3. The molecule has 5 rings (SSSR count). The average Bonchev–Trinajstić information content (AvgIpc) is 3.27. The molecule has 0 atom stereocenters. The van der Waals surface area contributed by atoms with Crippen LogP contribution in [0.3, 0.4) is 0 Å². The lowest BCUT2D eigenvalue weighted by molar-refractivity contribution is -0.0388. The number of hydrogen-bond acceptors (Lipinski definition) is 5. The number of rotatable bonds is 7. The highest BCUT2D eigenvalue weighted by Crippen LogP contribution is 2.26. The van der Waals surface area contributed by atoms with Gasteiger partial charge < -0.3 is 14.2 Å². The molecule has 6 nitrogen and oxygen atoms in total. The molecular formula is C25H25N3O3. The Morgan fingerprint density at radius 3 is 2.52 bits per heavy atom. The molecule has 0 bridgehead atoms. The van der Waals surface area contributed by atoms with Crippen molar-refractivity contribution in [2.45, 2.75) is 18.9 Å². The van der Waals surface area contributed by atoms with Crippen LogP contribution in [0.15, 0.2) is 73.3 Å². The Balaban J connectivity index is 1.23. The minimum atomic E-state index is 0.299. The van der Waals surface area contributed by atoms with E-state index < -0.39 is 0 Å². The summed E-state index contributed by atoms with van der Waals surface area (Å²) >= 11 is 0. The van der Waals surface area contributed by atoms with Gasteiger partial charge in [-0.1, -0.05) is 6.07 Å². The average molecular weight is 415 g/mol. The van der Waals surface area contributed by atoms with Gasteiger partial charge in [0.15, 0.2) is 0 Å². The SMILES string of the molecule is c1cc(-c2ccc3c(c2)ncn3-c2ccc(OCCOC3CCOCC3)cc2)ccn1. The lowest BCUT2D eigenvalue weighted by atomic mass is 10.1. The van der Waals surface area contributed by atoms with Crippen molar-refractivity contribution in [1.82, 2.24) is 14.5 Å². The van der Waals surface area contributed by atoms with E-state index in [1.807, 2.05) is 42.7 Å². The highest BCUT2D eigenvalue weighted by molar-refractivity contribution is 5.83. The number of imidazole rings is 1. The van der Waals surface area contributed by atoms with E-state index in [1.165, 1.54) is 0 Å². The van der Waals surface area contributed by atoms with Gasteiger partial charge >= 0.3 is 0 Å². The largest absolute Gasteiger partial charge is 0.491 e. The molecule has 158 valence electrons. The van der Waals surface area contributed by atoms with Gasteiger partial charge in [0.1, 0.15) is 18.7 Å². The summed E-state index contributed by atoms with van der Waals surface area (Å²) in [6.07, 6.45) is 7.71. The van der Waals surface area contributed by atoms with E-state index in [1.54, 1.807) is 12.4 Å². The number of fused-ring (bicyclic) bond motifs is 1. The van der Waals surface area contributed by atoms with Crippen molar-refractivity contribution in [3.8, 4) is 22.6 Å². The number of hydrogen-bond donors (Lipinski definition) is 0. The van der Waals surface area contributed by atoms with Crippen molar-refractivity contribution in [2.24, 2.45) is 0 Å². The molecule has 6 heteroatoms. The van der Waals surface area contributed by atoms with Gasteiger partial charge in [0.05, 0.1) is 23.7 Å². The third-order valence-corrected chi connectivity index (χ3v) is 5.55. The Labute approximate surface area is 181 Å². The smallest absolute Gasteiger partial charge is 0.119 e. The molecule has 0 N–H and O–H groups in total. The Bertz CT molecular complexity index is 1120. The predicted molar refractivity (Wildman–Crippen MR) is 120 cm³/mol. The first-order valence-corrected chi connectivity index (χ1v) is 10.7. The second-order valence-electron chi connectivity index (χ2n) is 7.58. The van der Waals surface area contributed by atoms with Crippen molar-refractivity contribution in [2.75, 3.05) is 26.4 Å². The van der Waals surface area contributed by atoms with E-state index >= 15 is 0 Å². The summed E-state index contributed by atoms with van der Waals surface area (Å²) in [5.41, 5.74) is 5.34. The number of benzene rings is 2. The van der Waals surface area contributed by atoms with Gasteiger partial charge in [0, 0.05) is 31.3 Å². The van der Waals surface area contributed by atoms with Crippen molar-refractivity contribution >= 4 is 11.0 Å². The van der Waals surface area contributed by atoms with Gasteiger partial charge in [-0.25, -0.2) is 4.98 Å². The van der Waals surface area contributed by atoms with Crippen LogP contribution in [0.2, 0.25) is 0 Å². The monoisotopic (exact) mass is 415 g/mol. The Hall–Kier alpha value is -3.22. The van der Waals surface area contributed by atoms with Gasteiger partial charge in [-0.3, -0.25) is 9.55 Å². The summed E-state index contributed by atoms with van der Waals surface area (Å²) in [5, 5.41) is 0. The van der Waals surface area contributed by atoms with E-state index in [0.717, 1.165) is 59.7 Å². The maximum absolute atomic E-state index is 5.86. The van der Waals surface area contributed by atoms with Crippen LogP contribution in [0.4, 0.5) is 0 Å². The predicted octanol–water partition coefficient (Wildman–Crippen LogP) is 4.66. The van der Waals surface area contributed by atoms with Gasteiger partial charge in [-0.15, -0.1) is 0 Å². The van der Waals surface area contributed by atoms with Crippen LogP contribution < -0.4 is 4.74 Å². The third kappa shape index (κ3) is 4.60. The van der Waals surface area contributed by atoms with Crippen LogP contribution in [-0.2, 0) is 9.47 Å². The van der Waals surface area contributed by atoms with E-state index in [-0.39, 0.29) is 0 Å². The maximum atomic E-state index is 5.86. The first-order chi connectivity index (χ1) is 15.4. The van der Waals surface area contributed by atoms with Gasteiger partial charge in [-0.2, -0.15) is 0 Å². The van der Waals surface area contributed by atoms with Gasteiger partial charge in [0.2, 0.25) is 0 Å². The molecule has 0 amide bonds. The fraction of sp³-hybridized carbons (Fsp3) is 0.280. The maximum Gasteiger partial charge on any atom is 0.119 e. The summed E-state index contributed by atoms with van der Waals surface area (Å²) in [6, 6.07) is 18.4. The zero-order valence-corrected chi connectivity index (χ0v) is 17.3. The summed E-state index contributed by atoms with van der Waals surface area (Å²) in [7, 11) is 0. The summed E-state index contributed by atoms with van der Waals surface area (Å²) in [5.74, 6) is 0.837. The second-order valence-corrected chi connectivity index (χ2v) is 7.58. The van der Waals surface area contributed by atoms with Crippen molar-refractivity contribution in [3.63, 3.8) is 0 Å². The molecular weight excluding hydrogens is 390 g/mol. The molecule has 4 aromatic rings. The molecule has 1 aliphatic heterocycles.